The summed E-state index contributed by atoms with van der Waals surface area (Å²) in [6.45, 7) is 6.24. The highest BCUT2D eigenvalue weighted by Gasteiger charge is 2.11. The molecule has 4 nitrogen and oxygen atoms in total. The van der Waals surface area contributed by atoms with Crippen molar-refractivity contribution in [2.45, 2.75) is 33.6 Å². The third-order valence-electron chi connectivity index (χ3n) is 4.16. The quantitative estimate of drug-likeness (QED) is 0.686. The molecular formula is C20H22N2O2S. The second-order valence-electron chi connectivity index (χ2n) is 6.10. The molecule has 130 valence electrons. The van der Waals surface area contributed by atoms with Gasteiger partial charge in [-0.3, -0.25) is 10.1 Å². The zero-order valence-corrected chi connectivity index (χ0v) is 15.6. The number of ether oxygens (including phenoxy) is 1. The summed E-state index contributed by atoms with van der Waals surface area (Å²) in [6, 6.07) is 12.0. The van der Waals surface area contributed by atoms with Crippen molar-refractivity contribution in [2.75, 3.05) is 11.9 Å². The zero-order valence-electron chi connectivity index (χ0n) is 14.8. The third kappa shape index (κ3) is 4.17. The van der Waals surface area contributed by atoms with Gasteiger partial charge in [0.1, 0.15) is 5.75 Å². The highest BCUT2D eigenvalue weighted by Crippen LogP contribution is 2.29. The Labute approximate surface area is 151 Å². The van der Waals surface area contributed by atoms with Gasteiger partial charge < -0.3 is 4.74 Å². The van der Waals surface area contributed by atoms with Crippen LogP contribution < -0.4 is 10.1 Å². The Balaban J connectivity index is 1.60. The zero-order chi connectivity index (χ0) is 17.8. The summed E-state index contributed by atoms with van der Waals surface area (Å²) in [5.74, 6) is 0.497. The van der Waals surface area contributed by atoms with E-state index in [1.807, 2.05) is 37.3 Å². The number of nitrogens with one attached hydrogen (secondary N) is 1. The van der Waals surface area contributed by atoms with E-state index in [1.165, 1.54) is 22.5 Å². The smallest absolute Gasteiger partial charge is 0.264 e. The lowest BCUT2D eigenvalue weighted by Crippen LogP contribution is -2.20. The van der Waals surface area contributed by atoms with Crippen LogP contribution in [-0.4, -0.2) is 17.5 Å². The van der Waals surface area contributed by atoms with Gasteiger partial charge in [0.25, 0.3) is 5.91 Å². The van der Waals surface area contributed by atoms with Crippen molar-refractivity contribution in [1.82, 2.24) is 4.98 Å². The van der Waals surface area contributed by atoms with Gasteiger partial charge in [-0.15, -0.1) is 0 Å². The average molecular weight is 354 g/mol. The van der Waals surface area contributed by atoms with Gasteiger partial charge >= 0.3 is 0 Å². The summed E-state index contributed by atoms with van der Waals surface area (Å²) < 4.78 is 6.63. The number of aryl methyl sites for hydroxylation is 3. The van der Waals surface area contributed by atoms with Crippen molar-refractivity contribution in [3.05, 3.63) is 53.1 Å². The predicted octanol–water partition coefficient (Wildman–Crippen LogP) is 4.88. The summed E-state index contributed by atoms with van der Waals surface area (Å²) in [5.41, 5.74) is 4.58. The minimum Gasteiger partial charge on any atom is -0.484 e. The maximum Gasteiger partial charge on any atom is 0.264 e. The van der Waals surface area contributed by atoms with Crippen LogP contribution in [0.15, 0.2) is 36.4 Å². The van der Waals surface area contributed by atoms with Crippen LogP contribution in [0.25, 0.3) is 10.2 Å². The molecule has 1 amide bonds. The average Bonchev–Trinajstić information content (AvgIpc) is 3.01. The monoisotopic (exact) mass is 354 g/mol. The van der Waals surface area contributed by atoms with Crippen molar-refractivity contribution in [2.24, 2.45) is 0 Å². The second-order valence-corrected chi connectivity index (χ2v) is 7.13. The molecule has 3 aromatic rings. The van der Waals surface area contributed by atoms with Crippen molar-refractivity contribution >= 4 is 32.6 Å². The highest BCUT2D eigenvalue weighted by molar-refractivity contribution is 7.22. The minimum atomic E-state index is -0.203. The van der Waals surface area contributed by atoms with Crippen molar-refractivity contribution < 1.29 is 9.53 Å². The van der Waals surface area contributed by atoms with Crippen LogP contribution in [0.2, 0.25) is 0 Å². The summed E-state index contributed by atoms with van der Waals surface area (Å²) >= 11 is 1.48. The molecule has 25 heavy (non-hydrogen) atoms. The number of aromatic nitrogens is 1. The van der Waals surface area contributed by atoms with Gasteiger partial charge in [-0.2, -0.15) is 0 Å². The van der Waals surface area contributed by atoms with E-state index in [2.05, 4.69) is 30.2 Å². The number of nitrogens with zero attached hydrogens (tertiary/aromatic N) is 1. The fourth-order valence-corrected chi connectivity index (χ4v) is 3.57. The lowest BCUT2D eigenvalue weighted by Gasteiger charge is -2.06. The van der Waals surface area contributed by atoms with E-state index >= 15 is 0 Å². The summed E-state index contributed by atoms with van der Waals surface area (Å²) in [5, 5.41) is 3.43. The van der Waals surface area contributed by atoms with Crippen LogP contribution >= 0.6 is 11.3 Å². The predicted molar refractivity (Wildman–Crippen MR) is 104 cm³/mol. The van der Waals surface area contributed by atoms with Crippen LogP contribution in [0.3, 0.4) is 0 Å². The first-order valence-corrected chi connectivity index (χ1v) is 9.27. The Morgan fingerprint density at radius 1 is 1.16 bits per heavy atom. The first-order valence-electron chi connectivity index (χ1n) is 8.45. The summed E-state index contributed by atoms with van der Waals surface area (Å²) in [7, 11) is 0. The van der Waals surface area contributed by atoms with Gasteiger partial charge in [0, 0.05) is 0 Å². The standard InChI is InChI=1S/C20H22N2O2S/c1-4-5-15-7-9-16(10-8-15)24-12-18(23)21-20-22-19-14(3)13(2)6-11-17(19)25-20/h6-11H,4-5,12H2,1-3H3,(H,21,22,23). The molecule has 3 rings (SSSR count). The van der Waals surface area contributed by atoms with Crippen molar-refractivity contribution in [1.29, 1.82) is 0 Å². The molecule has 0 unspecified atom stereocenters. The molecule has 0 radical (unpaired) electrons. The Morgan fingerprint density at radius 3 is 2.64 bits per heavy atom. The maximum absolute atomic E-state index is 12.1. The molecule has 1 aromatic heterocycles. The largest absolute Gasteiger partial charge is 0.484 e. The van der Waals surface area contributed by atoms with Crippen LogP contribution in [0.4, 0.5) is 5.13 Å². The van der Waals surface area contributed by atoms with E-state index in [1.54, 1.807) is 0 Å². The molecule has 1 heterocycles. The first-order chi connectivity index (χ1) is 12.1. The number of carbonyl (C=O) groups is 1. The first kappa shape index (κ1) is 17.4. The van der Waals surface area contributed by atoms with Gasteiger partial charge in [-0.1, -0.05) is 42.9 Å². The summed E-state index contributed by atoms with van der Waals surface area (Å²) in [6.07, 6.45) is 2.17. The van der Waals surface area contributed by atoms with Gasteiger partial charge in [0.05, 0.1) is 10.2 Å². The van der Waals surface area contributed by atoms with E-state index in [9.17, 15) is 4.79 Å². The number of anilines is 1. The third-order valence-corrected chi connectivity index (χ3v) is 5.10. The molecule has 0 aliphatic heterocycles. The molecule has 1 N–H and O–H groups in total. The molecule has 5 heteroatoms. The van der Waals surface area contributed by atoms with Gasteiger partial charge in [-0.25, -0.2) is 4.98 Å². The summed E-state index contributed by atoms with van der Waals surface area (Å²) in [4.78, 5) is 16.6. The SMILES string of the molecule is CCCc1ccc(OCC(=O)Nc2nc3c(C)c(C)ccc3s2)cc1. The normalized spacial score (nSPS) is 10.8. The van der Waals surface area contributed by atoms with Crippen LogP contribution in [-0.2, 0) is 11.2 Å². The lowest BCUT2D eigenvalue weighted by molar-refractivity contribution is -0.118. The maximum atomic E-state index is 12.1. The number of rotatable bonds is 6. The van der Waals surface area contributed by atoms with E-state index < -0.39 is 0 Å². The number of benzene rings is 2. The molecule has 0 aliphatic rings. The van der Waals surface area contributed by atoms with Gasteiger partial charge in [-0.05, 0) is 55.2 Å². The molecule has 0 aliphatic carbocycles. The Kier molecular flexibility index (Phi) is 5.34. The van der Waals surface area contributed by atoms with E-state index in [0.29, 0.717) is 10.9 Å². The highest BCUT2D eigenvalue weighted by atomic mass is 32.1. The molecule has 2 aromatic carbocycles. The molecule has 0 saturated carbocycles. The number of thiazole rings is 1. The minimum absolute atomic E-state index is 0.0267. The Bertz CT molecular complexity index is 885. The fraction of sp³-hybridized carbons (Fsp3) is 0.300. The van der Waals surface area contributed by atoms with Crippen LogP contribution in [0, 0.1) is 13.8 Å². The molecule has 0 fully saturated rings. The van der Waals surface area contributed by atoms with Crippen LogP contribution in [0.5, 0.6) is 5.75 Å². The van der Waals surface area contributed by atoms with Crippen LogP contribution in [0.1, 0.15) is 30.0 Å². The Hall–Kier alpha value is -2.40. The molecule has 0 atom stereocenters. The van der Waals surface area contributed by atoms with Gasteiger partial charge in [0.2, 0.25) is 0 Å². The number of carbonyl (C=O) groups excluding carboxylic acids is 1. The number of hydrogen-bond donors (Lipinski definition) is 1. The lowest BCUT2D eigenvalue weighted by atomic mass is 10.1. The number of hydrogen-bond acceptors (Lipinski definition) is 4. The molecule has 0 bridgehead atoms. The Morgan fingerprint density at radius 2 is 1.92 bits per heavy atom. The topological polar surface area (TPSA) is 51.2 Å². The van der Waals surface area contributed by atoms with Gasteiger partial charge in [0.15, 0.2) is 11.7 Å². The number of fused-ring (bicyclic) bond motifs is 1. The van der Waals surface area contributed by atoms with E-state index in [0.717, 1.165) is 28.6 Å². The second kappa shape index (κ2) is 7.66. The number of amides is 1. The van der Waals surface area contributed by atoms with E-state index in [-0.39, 0.29) is 12.5 Å². The van der Waals surface area contributed by atoms with E-state index in [4.69, 9.17) is 4.74 Å². The van der Waals surface area contributed by atoms with Crippen molar-refractivity contribution in [3.63, 3.8) is 0 Å². The molecule has 0 spiro atoms. The fourth-order valence-electron chi connectivity index (χ4n) is 2.62. The molecule has 0 saturated heterocycles. The van der Waals surface area contributed by atoms with Crippen molar-refractivity contribution in [3.8, 4) is 5.75 Å². The molecular weight excluding hydrogens is 332 g/mol.